The lowest BCUT2D eigenvalue weighted by molar-refractivity contribution is -0.155. The molecule has 0 saturated carbocycles. The second-order valence-corrected chi connectivity index (χ2v) is 9.25. The molecule has 3 N–H and O–H groups in total. The number of carbonyl (C=O) groups excluding carboxylic acids is 2. The number of rotatable bonds is 7. The summed E-state index contributed by atoms with van der Waals surface area (Å²) >= 11 is 6.53. The second kappa shape index (κ2) is 9.84. The molecule has 8 nitrogen and oxygen atoms in total. The molecule has 0 unspecified atom stereocenters. The molecule has 2 amide bonds. The molecule has 3 aromatic rings. The van der Waals surface area contributed by atoms with Crippen LogP contribution >= 0.6 is 11.6 Å². The van der Waals surface area contributed by atoms with E-state index in [1.54, 1.807) is 19.1 Å². The van der Waals surface area contributed by atoms with Crippen molar-refractivity contribution in [1.29, 1.82) is 0 Å². The zero-order valence-corrected chi connectivity index (χ0v) is 21.0. The minimum absolute atomic E-state index is 0.0275. The number of amides is 2. The lowest BCUT2D eigenvalue weighted by atomic mass is 9.99. The van der Waals surface area contributed by atoms with Crippen LogP contribution in [-0.2, 0) is 16.0 Å². The molecule has 2 aromatic carbocycles. The van der Waals surface area contributed by atoms with Crippen LogP contribution in [0.15, 0.2) is 42.5 Å². The molecule has 1 heterocycles. The third kappa shape index (κ3) is 5.33. The van der Waals surface area contributed by atoms with Gasteiger partial charge in [0.15, 0.2) is 0 Å². The fraction of sp³-hybridized carbons (Fsp3) is 0.269. The summed E-state index contributed by atoms with van der Waals surface area (Å²) in [6.07, 6.45) is 0.0275. The van der Waals surface area contributed by atoms with Crippen LogP contribution in [0.3, 0.4) is 0 Å². The standard InChI is InChI=1S/C26H27ClN4O4/c1-14-22(30-23(24(28)33)15(2)29-14)18-9-7-17(8-10-18)19-11-6-16(12-20(19)27)13-21(32)31(5)26(3,4)25(34)35/h6-12H,13H2,1-5H3,(H2,28,33)(H,34,35). The first-order valence-electron chi connectivity index (χ1n) is 10.9. The molecule has 0 bridgehead atoms. The molecule has 35 heavy (non-hydrogen) atoms. The Morgan fingerprint density at radius 3 is 2.14 bits per heavy atom. The predicted molar refractivity (Wildman–Crippen MR) is 134 cm³/mol. The highest BCUT2D eigenvalue weighted by Crippen LogP contribution is 2.31. The number of carboxylic acid groups (broad SMARTS) is 1. The summed E-state index contributed by atoms with van der Waals surface area (Å²) in [6, 6.07) is 12.8. The first-order chi connectivity index (χ1) is 16.3. The van der Waals surface area contributed by atoms with Gasteiger partial charge in [-0.2, -0.15) is 0 Å². The molecule has 0 saturated heterocycles. The summed E-state index contributed by atoms with van der Waals surface area (Å²) in [5, 5.41) is 9.81. The maximum absolute atomic E-state index is 12.6. The Morgan fingerprint density at radius 1 is 1.00 bits per heavy atom. The van der Waals surface area contributed by atoms with Gasteiger partial charge in [-0.15, -0.1) is 0 Å². The number of aromatic nitrogens is 2. The summed E-state index contributed by atoms with van der Waals surface area (Å²) in [5.74, 6) is -2.03. The second-order valence-electron chi connectivity index (χ2n) is 8.84. The maximum Gasteiger partial charge on any atom is 0.329 e. The number of halogens is 1. The van der Waals surface area contributed by atoms with Crippen LogP contribution in [0.5, 0.6) is 0 Å². The largest absolute Gasteiger partial charge is 0.480 e. The molecule has 9 heteroatoms. The predicted octanol–water partition coefficient (Wildman–Crippen LogP) is 4.04. The maximum atomic E-state index is 12.6. The average molecular weight is 495 g/mol. The molecule has 0 aliphatic heterocycles. The van der Waals surface area contributed by atoms with Crippen LogP contribution in [-0.4, -0.2) is 50.3 Å². The van der Waals surface area contributed by atoms with Gasteiger partial charge < -0.3 is 15.7 Å². The van der Waals surface area contributed by atoms with Crippen molar-refractivity contribution in [1.82, 2.24) is 14.9 Å². The van der Waals surface area contributed by atoms with E-state index in [0.717, 1.165) is 16.7 Å². The summed E-state index contributed by atoms with van der Waals surface area (Å²) in [5.41, 5.74) is 9.07. The highest BCUT2D eigenvalue weighted by Gasteiger charge is 2.35. The first kappa shape index (κ1) is 25.8. The third-order valence-corrected chi connectivity index (χ3v) is 6.38. The number of hydrogen-bond donors (Lipinski definition) is 2. The van der Waals surface area contributed by atoms with Gasteiger partial charge in [0.1, 0.15) is 11.2 Å². The molecule has 1 aromatic heterocycles. The number of benzene rings is 2. The van der Waals surface area contributed by atoms with E-state index in [2.05, 4.69) is 9.97 Å². The number of nitrogens with two attached hydrogens (primary N) is 1. The molecule has 0 aliphatic rings. The van der Waals surface area contributed by atoms with Gasteiger partial charge in [-0.25, -0.2) is 9.78 Å². The van der Waals surface area contributed by atoms with E-state index in [1.165, 1.54) is 25.8 Å². The van der Waals surface area contributed by atoms with Crippen molar-refractivity contribution in [2.75, 3.05) is 7.05 Å². The van der Waals surface area contributed by atoms with E-state index < -0.39 is 17.4 Å². The van der Waals surface area contributed by atoms with Gasteiger partial charge in [0, 0.05) is 23.2 Å². The Morgan fingerprint density at radius 2 is 1.60 bits per heavy atom. The van der Waals surface area contributed by atoms with E-state index in [0.29, 0.717) is 27.7 Å². The Hall–Kier alpha value is -3.78. The van der Waals surface area contributed by atoms with Crippen LogP contribution in [0, 0.1) is 13.8 Å². The summed E-state index contributed by atoms with van der Waals surface area (Å²) in [7, 11) is 1.47. The van der Waals surface area contributed by atoms with E-state index in [-0.39, 0.29) is 18.0 Å². The number of aryl methyl sites for hydroxylation is 2. The van der Waals surface area contributed by atoms with Crippen molar-refractivity contribution in [3.8, 4) is 22.4 Å². The lowest BCUT2D eigenvalue weighted by Crippen LogP contribution is -2.51. The number of carbonyl (C=O) groups is 3. The Kier molecular flexibility index (Phi) is 7.26. The first-order valence-corrected chi connectivity index (χ1v) is 11.2. The quantitative estimate of drug-likeness (QED) is 0.510. The van der Waals surface area contributed by atoms with Gasteiger partial charge in [-0.3, -0.25) is 14.6 Å². The van der Waals surface area contributed by atoms with Crippen LogP contribution in [0.4, 0.5) is 0 Å². The highest BCUT2D eigenvalue weighted by molar-refractivity contribution is 6.33. The van der Waals surface area contributed by atoms with Crippen molar-refractivity contribution in [2.45, 2.75) is 39.7 Å². The van der Waals surface area contributed by atoms with Gasteiger partial charge >= 0.3 is 5.97 Å². The Bertz CT molecular complexity index is 1320. The minimum atomic E-state index is -1.32. The molecule has 0 radical (unpaired) electrons. The van der Waals surface area contributed by atoms with Gasteiger partial charge in [-0.1, -0.05) is 48.0 Å². The fourth-order valence-corrected chi connectivity index (χ4v) is 3.91. The van der Waals surface area contributed by atoms with Crippen LogP contribution in [0.1, 0.15) is 41.3 Å². The van der Waals surface area contributed by atoms with E-state index in [9.17, 15) is 19.5 Å². The molecule has 0 spiro atoms. The molecule has 3 rings (SSSR count). The number of nitrogens with zero attached hydrogens (tertiary/aromatic N) is 3. The van der Waals surface area contributed by atoms with Gasteiger partial charge in [0.2, 0.25) is 5.91 Å². The number of carboxylic acids is 1. The summed E-state index contributed by atoms with van der Waals surface area (Å²) in [4.78, 5) is 45.7. The fourth-order valence-electron chi connectivity index (χ4n) is 3.60. The lowest BCUT2D eigenvalue weighted by Gasteiger charge is -2.31. The number of aliphatic carboxylic acids is 1. The molecule has 0 fully saturated rings. The van der Waals surface area contributed by atoms with Gasteiger partial charge in [-0.05, 0) is 44.9 Å². The van der Waals surface area contributed by atoms with Crippen molar-refractivity contribution < 1.29 is 19.5 Å². The van der Waals surface area contributed by atoms with Crippen molar-refractivity contribution >= 4 is 29.4 Å². The number of likely N-dealkylation sites (N-methyl/N-ethyl adjacent to an activating group) is 1. The monoisotopic (exact) mass is 494 g/mol. The van der Waals surface area contributed by atoms with Crippen LogP contribution in [0.25, 0.3) is 22.4 Å². The van der Waals surface area contributed by atoms with E-state index >= 15 is 0 Å². The van der Waals surface area contributed by atoms with E-state index in [4.69, 9.17) is 17.3 Å². The van der Waals surface area contributed by atoms with Crippen LogP contribution < -0.4 is 5.73 Å². The van der Waals surface area contributed by atoms with Crippen molar-refractivity contribution in [3.63, 3.8) is 0 Å². The SMILES string of the molecule is Cc1nc(C)c(-c2ccc(-c3ccc(CC(=O)N(C)C(C)(C)C(=O)O)cc3Cl)cc2)nc1C(N)=O. The normalized spacial score (nSPS) is 11.3. The topological polar surface area (TPSA) is 126 Å². The van der Waals surface area contributed by atoms with E-state index in [1.807, 2.05) is 37.3 Å². The van der Waals surface area contributed by atoms with Gasteiger partial charge in [0.05, 0.1) is 23.5 Å². The van der Waals surface area contributed by atoms with Gasteiger partial charge in [0.25, 0.3) is 5.91 Å². The Labute approximate surface area is 208 Å². The molecular weight excluding hydrogens is 468 g/mol. The van der Waals surface area contributed by atoms with Crippen LogP contribution in [0.2, 0.25) is 5.02 Å². The molecular formula is C26H27ClN4O4. The average Bonchev–Trinajstić information content (AvgIpc) is 2.78. The summed E-state index contributed by atoms with van der Waals surface area (Å²) < 4.78 is 0. The smallest absolute Gasteiger partial charge is 0.329 e. The highest BCUT2D eigenvalue weighted by atomic mass is 35.5. The van der Waals surface area contributed by atoms with Crippen molar-refractivity contribution in [2.24, 2.45) is 5.73 Å². The third-order valence-electron chi connectivity index (χ3n) is 6.07. The van der Waals surface area contributed by atoms with Crippen molar-refractivity contribution in [3.05, 3.63) is 70.1 Å². The minimum Gasteiger partial charge on any atom is -0.480 e. The number of hydrogen-bond acceptors (Lipinski definition) is 5. The summed E-state index contributed by atoms with van der Waals surface area (Å²) in [6.45, 7) is 6.47. The zero-order valence-electron chi connectivity index (χ0n) is 20.2. The molecule has 0 aliphatic carbocycles. The zero-order chi connectivity index (χ0) is 26.1. The number of primary amides is 1. The Balaban J connectivity index is 1.84. The molecule has 0 atom stereocenters. The molecule has 182 valence electrons.